The van der Waals surface area contributed by atoms with Crippen LogP contribution in [0, 0.1) is 5.92 Å². The van der Waals surface area contributed by atoms with Crippen molar-refractivity contribution in [2.75, 3.05) is 0 Å². The smallest absolute Gasteiger partial charge is 0.273 e. The van der Waals surface area contributed by atoms with Gasteiger partial charge in [-0.25, -0.2) is 0 Å². The van der Waals surface area contributed by atoms with Crippen molar-refractivity contribution in [2.45, 2.75) is 20.3 Å². The Balaban J connectivity index is 2.69. The van der Waals surface area contributed by atoms with Crippen LogP contribution >= 0.6 is 12.2 Å². The number of nitrogens with one attached hydrogen (secondary N) is 2. The molecule has 0 spiro atoms. The third-order valence-electron chi connectivity index (χ3n) is 1.82. The van der Waals surface area contributed by atoms with Gasteiger partial charge in [0, 0.05) is 0 Å². The normalized spacial score (nSPS) is 22.3. The van der Waals surface area contributed by atoms with Crippen molar-refractivity contribution in [3.63, 3.8) is 0 Å². The van der Waals surface area contributed by atoms with E-state index in [1.807, 2.05) is 6.08 Å². The van der Waals surface area contributed by atoms with Gasteiger partial charge in [0.2, 0.25) is 0 Å². The zero-order chi connectivity index (χ0) is 9.14. The summed E-state index contributed by atoms with van der Waals surface area (Å²) in [5.74, 6) is 0.277. The molecule has 0 bridgehead atoms. The van der Waals surface area contributed by atoms with E-state index in [-0.39, 0.29) is 5.91 Å². The van der Waals surface area contributed by atoms with Crippen LogP contribution in [-0.2, 0) is 4.79 Å². The third kappa shape index (κ3) is 2.04. The summed E-state index contributed by atoms with van der Waals surface area (Å²) in [5.41, 5.74) is 0.578. The minimum Gasteiger partial charge on any atom is -0.328 e. The predicted octanol–water partition coefficient (Wildman–Crippen LogP) is 0.921. The van der Waals surface area contributed by atoms with E-state index in [0.29, 0.717) is 16.7 Å². The Labute approximate surface area is 77.2 Å². The minimum absolute atomic E-state index is 0.125. The fourth-order valence-electron chi connectivity index (χ4n) is 0.900. The maximum atomic E-state index is 11.1. The molecule has 1 amide bonds. The van der Waals surface area contributed by atoms with Gasteiger partial charge in [0.15, 0.2) is 5.11 Å². The van der Waals surface area contributed by atoms with Crippen LogP contribution in [0.25, 0.3) is 0 Å². The lowest BCUT2D eigenvalue weighted by Crippen LogP contribution is -2.21. The minimum atomic E-state index is -0.125. The summed E-state index contributed by atoms with van der Waals surface area (Å²) in [6, 6.07) is 0. The van der Waals surface area contributed by atoms with Gasteiger partial charge in [-0.3, -0.25) is 10.1 Å². The highest BCUT2D eigenvalue weighted by Gasteiger charge is 2.19. The van der Waals surface area contributed by atoms with Gasteiger partial charge in [-0.2, -0.15) is 0 Å². The molecule has 3 nitrogen and oxygen atoms in total. The fraction of sp³-hybridized carbons (Fsp3) is 0.500. The van der Waals surface area contributed by atoms with Gasteiger partial charge >= 0.3 is 0 Å². The van der Waals surface area contributed by atoms with Gasteiger partial charge in [-0.05, 0) is 18.1 Å². The van der Waals surface area contributed by atoms with E-state index in [0.717, 1.165) is 6.42 Å². The number of hydrogen-bond donors (Lipinski definition) is 2. The van der Waals surface area contributed by atoms with E-state index >= 15 is 0 Å². The van der Waals surface area contributed by atoms with Crippen LogP contribution in [0.2, 0.25) is 0 Å². The van der Waals surface area contributed by atoms with Crippen molar-refractivity contribution in [1.29, 1.82) is 0 Å². The molecule has 4 heteroatoms. The predicted molar refractivity (Wildman–Crippen MR) is 51.4 cm³/mol. The molecule has 1 heterocycles. The molecule has 0 aliphatic carbocycles. The van der Waals surface area contributed by atoms with E-state index in [2.05, 4.69) is 24.5 Å². The number of carbonyl (C=O) groups is 1. The molecule has 1 aliphatic rings. The highest BCUT2D eigenvalue weighted by Crippen LogP contribution is 2.07. The summed E-state index contributed by atoms with van der Waals surface area (Å²) in [7, 11) is 0. The summed E-state index contributed by atoms with van der Waals surface area (Å²) in [5, 5.41) is 5.71. The van der Waals surface area contributed by atoms with Gasteiger partial charge in [0.05, 0.1) is 0 Å². The third-order valence-corrected chi connectivity index (χ3v) is 2.02. The molecule has 1 aliphatic heterocycles. The molecule has 0 aromatic rings. The van der Waals surface area contributed by atoms with Gasteiger partial charge in [-0.1, -0.05) is 26.3 Å². The molecule has 2 N–H and O–H groups in total. The average Bonchev–Trinajstić information content (AvgIpc) is 2.30. The number of thiocarbonyl (C=S) groups is 1. The summed E-state index contributed by atoms with van der Waals surface area (Å²) in [6.45, 7) is 4.14. The van der Waals surface area contributed by atoms with E-state index < -0.39 is 0 Å². The monoisotopic (exact) mass is 184 g/mol. The van der Waals surface area contributed by atoms with E-state index in [9.17, 15) is 4.79 Å². The Kier molecular flexibility index (Phi) is 2.81. The summed E-state index contributed by atoms with van der Waals surface area (Å²) in [4.78, 5) is 11.1. The number of carbonyl (C=O) groups excluding carboxylic acids is 1. The van der Waals surface area contributed by atoms with E-state index in [4.69, 9.17) is 12.2 Å². The maximum absolute atomic E-state index is 11.1. The van der Waals surface area contributed by atoms with E-state index in [1.165, 1.54) is 0 Å². The molecule has 0 saturated carbocycles. The zero-order valence-corrected chi connectivity index (χ0v) is 7.99. The lowest BCUT2D eigenvalue weighted by atomic mass is 10.1. The van der Waals surface area contributed by atoms with Gasteiger partial charge in [0.25, 0.3) is 5.91 Å². The Hall–Kier alpha value is -0.900. The summed E-state index contributed by atoms with van der Waals surface area (Å²) in [6.07, 6.45) is 2.92. The first-order chi connectivity index (χ1) is 5.63. The number of rotatable bonds is 2. The Morgan fingerprint density at radius 3 is 2.67 bits per heavy atom. The Morgan fingerprint density at radius 2 is 2.25 bits per heavy atom. The lowest BCUT2D eigenvalue weighted by molar-refractivity contribution is -0.115. The SMILES string of the molecule is CCC(C)C=C1NC(=S)NC1=O. The Bertz CT molecular complexity index is 247. The second-order valence-corrected chi connectivity index (χ2v) is 3.28. The number of allylic oxidation sites excluding steroid dienone is 1. The second-order valence-electron chi connectivity index (χ2n) is 2.87. The van der Waals surface area contributed by atoms with Crippen LogP contribution in [0.3, 0.4) is 0 Å². The summed E-state index contributed by atoms with van der Waals surface area (Å²) < 4.78 is 0. The van der Waals surface area contributed by atoms with Crippen LogP contribution in [0.1, 0.15) is 20.3 Å². The first-order valence-electron chi connectivity index (χ1n) is 3.97. The van der Waals surface area contributed by atoms with Crippen molar-refractivity contribution >= 4 is 23.2 Å². The molecule has 0 radical (unpaired) electrons. The molecule has 0 aromatic heterocycles. The standard InChI is InChI=1S/C8H12N2OS/c1-3-5(2)4-6-7(11)10-8(12)9-6/h4-5H,3H2,1-2H3,(H2,9,10,11,12). The van der Waals surface area contributed by atoms with Crippen molar-refractivity contribution in [1.82, 2.24) is 10.6 Å². The van der Waals surface area contributed by atoms with Crippen LogP contribution in [0.4, 0.5) is 0 Å². The number of amides is 1. The van der Waals surface area contributed by atoms with Crippen molar-refractivity contribution in [2.24, 2.45) is 5.92 Å². The van der Waals surface area contributed by atoms with Crippen molar-refractivity contribution in [3.05, 3.63) is 11.8 Å². The molecule has 12 heavy (non-hydrogen) atoms. The first kappa shape index (κ1) is 9.19. The number of hydrogen-bond acceptors (Lipinski definition) is 2. The maximum Gasteiger partial charge on any atom is 0.273 e. The molecule has 1 fully saturated rings. The van der Waals surface area contributed by atoms with Crippen molar-refractivity contribution in [3.8, 4) is 0 Å². The van der Waals surface area contributed by atoms with Crippen LogP contribution in [0.5, 0.6) is 0 Å². The lowest BCUT2D eigenvalue weighted by Gasteiger charge is -2.01. The second kappa shape index (κ2) is 3.67. The average molecular weight is 184 g/mol. The van der Waals surface area contributed by atoms with Gasteiger partial charge in [-0.15, -0.1) is 0 Å². The summed E-state index contributed by atoms with van der Waals surface area (Å²) >= 11 is 4.78. The molecule has 0 aromatic carbocycles. The highest BCUT2D eigenvalue weighted by atomic mass is 32.1. The highest BCUT2D eigenvalue weighted by molar-refractivity contribution is 7.80. The Morgan fingerprint density at radius 1 is 1.58 bits per heavy atom. The van der Waals surface area contributed by atoms with Gasteiger partial charge < -0.3 is 5.32 Å². The van der Waals surface area contributed by atoms with Crippen LogP contribution in [0.15, 0.2) is 11.8 Å². The fourth-order valence-corrected chi connectivity index (χ4v) is 1.10. The quantitative estimate of drug-likeness (QED) is 0.495. The largest absolute Gasteiger partial charge is 0.328 e. The molecule has 1 saturated heterocycles. The molecule has 66 valence electrons. The molecular formula is C8H12N2OS. The van der Waals surface area contributed by atoms with Crippen LogP contribution < -0.4 is 10.6 Å². The van der Waals surface area contributed by atoms with E-state index in [1.54, 1.807) is 0 Å². The first-order valence-corrected chi connectivity index (χ1v) is 4.38. The zero-order valence-electron chi connectivity index (χ0n) is 7.18. The molecule has 1 unspecified atom stereocenters. The topological polar surface area (TPSA) is 41.1 Å². The van der Waals surface area contributed by atoms with Gasteiger partial charge in [0.1, 0.15) is 5.70 Å². The van der Waals surface area contributed by atoms with Crippen molar-refractivity contribution < 1.29 is 4.79 Å². The molecule has 1 rings (SSSR count). The molecular weight excluding hydrogens is 172 g/mol. The van der Waals surface area contributed by atoms with Crippen LogP contribution in [-0.4, -0.2) is 11.0 Å². The molecule has 1 atom stereocenters.